The van der Waals surface area contributed by atoms with Crippen LogP contribution in [0.4, 0.5) is 4.79 Å². The van der Waals surface area contributed by atoms with Crippen molar-refractivity contribution >= 4 is 22.0 Å². The zero-order valence-corrected chi connectivity index (χ0v) is 17.1. The molecule has 0 radical (unpaired) electrons. The normalized spacial score (nSPS) is 11.4. The molecule has 25 heavy (non-hydrogen) atoms. The third-order valence-electron chi connectivity index (χ3n) is 3.58. The molecular weight excluding hydrogens is 382 g/mol. The highest BCUT2D eigenvalue weighted by Crippen LogP contribution is 2.24. The van der Waals surface area contributed by atoms with Crippen molar-refractivity contribution in [3.63, 3.8) is 0 Å². The zero-order valence-electron chi connectivity index (χ0n) is 15.5. The lowest BCUT2D eigenvalue weighted by Crippen LogP contribution is -2.37. The van der Waals surface area contributed by atoms with Gasteiger partial charge in [-0.2, -0.15) is 0 Å². The molecule has 0 aliphatic carbocycles. The average molecular weight is 408 g/mol. The first-order valence-corrected chi connectivity index (χ1v) is 9.27. The molecule has 1 aromatic carbocycles. The lowest BCUT2D eigenvalue weighted by molar-refractivity contribution is 0.0229. The molecule has 0 unspecified atom stereocenters. The first-order valence-electron chi connectivity index (χ1n) is 8.48. The molecule has 1 N–H and O–H groups in total. The second-order valence-corrected chi connectivity index (χ2v) is 7.96. The number of aromatic amines is 1. The zero-order chi connectivity index (χ0) is 18.6. The summed E-state index contributed by atoms with van der Waals surface area (Å²) in [5.74, 6) is 0.745. The van der Waals surface area contributed by atoms with Crippen LogP contribution in [0.5, 0.6) is 0 Å². The number of hydrogen-bond acceptors (Lipinski definition) is 3. The van der Waals surface area contributed by atoms with Crippen LogP contribution in [0.25, 0.3) is 11.3 Å². The van der Waals surface area contributed by atoms with Gasteiger partial charge in [0.2, 0.25) is 0 Å². The molecule has 0 atom stereocenters. The number of carbonyl (C=O) groups is 1. The van der Waals surface area contributed by atoms with Crippen molar-refractivity contribution in [1.29, 1.82) is 0 Å². The first-order chi connectivity index (χ1) is 11.7. The quantitative estimate of drug-likeness (QED) is 0.731. The van der Waals surface area contributed by atoms with E-state index in [4.69, 9.17) is 4.74 Å². The van der Waals surface area contributed by atoms with E-state index in [-0.39, 0.29) is 6.09 Å². The molecule has 0 spiro atoms. The van der Waals surface area contributed by atoms with E-state index in [9.17, 15) is 4.79 Å². The van der Waals surface area contributed by atoms with E-state index >= 15 is 0 Å². The maximum Gasteiger partial charge on any atom is 0.410 e. The number of carbonyl (C=O) groups excluding carboxylic acids is 1. The second kappa shape index (κ2) is 8.04. The lowest BCUT2D eigenvalue weighted by atomic mass is 10.1. The summed E-state index contributed by atoms with van der Waals surface area (Å²) < 4.78 is 6.56. The summed E-state index contributed by atoms with van der Waals surface area (Å²) in [5.41, 5.74) is 2.66. The van der Waals surface area contributed by atoms with Crippen molar-refractivity contribution in [3.05, 3.63) is 40.3 Å². The Morgan fingerprint density at radius 1 is 1.36 bits per heavy atom. The van der Waals surface area contributed by atoms with Crippen molar-refractivity contribution in [1.82, 2.24) is 14.9 Å². The van der Waals surface area contributed by atoms with Crippen LogP contribution >= 0.6 is 15.9 Å². The van der Waals surface area contributed by atoms with Crippen LogP contribution < -0.4 is 0 Å². The van der Waals surface area contributed by atoms with Crippen LogP contribution in [0.1, 0.15) is 45.5 Å². The maximum absolute atomic E-state index is 12.4. The van der Waals surface area contributed by atoms with Crippen LogP contribution in [0.15, 0.2) is 28.9 Å². The van der Waals surface area contributed by atoms with Crippen LogP contribution in [0.2, 0.25) is 0 Å². The Hall–Kier alpha value is -1.82. The minimum atomic E-state index is -0.508. The Balaban J connectivity index is 2.14. The van der Waals surface area contributed by atoms with E-state index < -0.39 is 5.60 Å². The summed E-state index contributed by atoms with van der Waals surface area (Å²) in [6.07, 6.45) is 2.35. The standard InChI is InChI=1S/C19H26BrN3O2/c1-6-9-23(18(24)25-19(3,4)5)12-17-21-11-16(22-17)14-7-8-15(20)13(2)10-14/h7-8,10-11H,6,9,12H2,1-5H3,(H,21,22). The molecule has 0 saturated heterocycles. The number of hydrogen-bond donors (Lipinski definition) is 1. The van der Waals surface area contributed by atoms with E-state index in [1.165, 1.54) is 0 Å². The second-order valence-electron chi connectivity index (χ2n) is 7.11. The molecule has 136 valence electrons. The predicted octanol–water partition coefficient (Wildman–Crippen LogP) is 5.29. The SMILES string of the molecule is CCCN(Cc1ncc(-c2ccc(Br)c(C)c2)[nH]1)C(=O)OC(C)(C)C. The summed E-state index contributed by atoms with van der Waals surface area (Å²) in [5, 5.41) is 0. The number of imidazole rings is 1. The van der Waals surface area contributed by atoms with Crippen molar-refractivity contribution in [3.8, 4) is 11.3 Å². The fourth-order valence-corrected chi connectivity index (χ4v) is 2.66. The van der Waals surface area contributed by atoms with Gasteiger partial charge in [-0.05, 0) is 57.4 Å². The van der Waals surface area contributed by atoms with Crippen LogP contribution in [0.3, 0.4) is 0 Å². The molecule has 0 saturated carbocycles. The fourth-order valence-electron chi connectivity index (χ4n) is 2.41. The predicted molar refractivity (Wildman–Crippen MR) is 103 cm³/mol. The Morgan fingerprint density at radius 2 is 2.08 bits per heavy atom. The Morgan fingerprint density at radius 3 is 2.68 bits per heavy atom. The van der Waals surface area contributed by atoms with E-state index in [1.807, 2.05) is 39.8 Å². The molecule has 1 aromatic heterocycles. The number of rotatable bonds is 5. The van der Waals surface area contributed by atoms with Gasteiger partial charge in [0.15, 0.2) is 0 Å². The number of amides is 1. The summed E-state index contributed by atoms with van der Waals surface area (Å²) in [6.45, 7) is 10.7. The van der Waals surface area contributed by atoms with Gasteiger partial charge in [0, 0.05) is 11.0 Å². The number of halogens is 1. The number of nitrogens with one attached hydrogen (secondary N) is 1. The van der Waals surface area contributed by atoms with Crippen molar-refractivity contribution < 1.29 is 9.53 Å². The molecule has 2 aromatic rings. The molecule has 0 bridgehead atoms. The highest BCUT2D eigenvalue weighted by atomic mass is 79.9. The van der Waals surface area contributed by atoms with Crippen LogP contribution in [0, 0.1) is 6.92 Å². The van der Waals surface area contributed by atoms with Gasteiger partial charge in [0.1, 0.15) is 11.4 Å². The minimum absolute atomic E-state index is 0.313. The third kappa shape index (κ3) is 5.59. The summed E-state index contributed by atoms with van der Waals surface area (Å²) >= 11 is 3.51. The monoisotopic (exact) mass is 407 g/mol. The smallest absolute Gasteiger partial charge is 0.410 e. The maximum atomic E-state index is 12.4. The first kappa shape index (κ1) is 19.5. The fraction of sp³-hybridized carbons (Fsp3) is 0.474. The molecule has 6 heteroatoms. The van der Waals surface area contributed by atoms with Crippen LogP contribution in [-0.4, -0.2) is 33.1 Å². The Kier molecular flexibility index (Phi) is 6.27. The largest absolute Gasteiger partial charge is 0.444 e. The molecule has 1 heterocycles. The molecule has 0 fully saturated rings. The summed E-state index contributed by atoms with van der Waals surface area (Å²) in [6, 6.07) is 6.15. The molecule has 0 aliphatic heterocycles. The molecule has 2 rings (SSSR count). The van der Waals surface area contributed by atoms with Gasteiger partial charge < -0.3 is 14.6 Å². The van der Waals surface area contributed by atoms with E-state index in [0.29, 0.717) is 13.1 Å². The van der Waals surface area contributed by atoms with Gasteiger partial charge in [0.05, 0.1) is 18.4 Å². The number of aromatic nitrogens is 2. The van der Waals surface area contributed by atoms with Gasteiger partial charge in [-0.3, -0.25) is 0 Å². The topological polar surface area (TPSA) is 58.2 Å². The number of benzene rings is 1. The highest BCUT2D eigenvalue weighted by Gasteiger charge is 2.22. The Bertz CT molecular complexity index is 735. The summed E-state index contributed by atoms with van der Waals surface area (Å²) in [7, 11) is 0. The highest BCUT2D eigenvalue weighted by molar-refractivity contribution is 9.10. The van der Waals surface area contributed by atoms with Gasteiger partial charge in [-0.25, -0.2) is 9.78 Å². The average Bonchev–Trinajstić information content (AvgIpc) is 2.96. The van der Waals surface area contributed by atoms with Gasteiger partial charge in [-0.1, -0.05) is 28.9 Å². The van der Waals surface area contributed by atoms with E-state index in [0.717, 1.165) is 33.5 Å². The van der Waals surface area contributed by atoms with Gasteiger partial charge in [-0.15, -0.1) is 0 Å². The van der Waals surface area contributed by atoms with Crippen LogP contribution in [-0.2, 0) is 11.3 Å². The van der Waals surface area contributed by atoms with Gasteiger partial charge >= 0.3 is 6.09 Å². The van der Waals surface area contributed by atoms with Crippen molar-refractivity contribution in [2.24, 2.45) is 0 Å². The molecular formula is C19H26BrN3O2. The lowest BCUT2D eigenvalue weighted by Gasteiger charge is -2.26. The number of nitrogens with zero attached hydrogens (tertiary/aromatic N) is 2. The third-order valence-corrected chi connectivity index (χ3v) is 4.47. The minimum Gasteiger partial charge on any atom is -0.444 e. The van der Waals surface area contributed by atoms with Gasteiger partial charge in [0.25, 0.3) is 0 Å². The Labute approximate surface area is 157 Å². The molecule has 0 aliphatic rings. The molecule has 5 nitrogen and oxygen atoms in total. The molecule has 1 amide bonds. The van der Waals surface area contributed by atoms with Crippen molar-refractivity contribution in [2.75, 3.05) is 6.54 Å². The number of aryl methyl sites for hydroxylation is 1. The van der Waals surface area contributed by atoms with E-state index in [1.54, 1.807) is 11.1 Å². The van der Waals surface area contributed by atoms with Crippen molar-refractivity contribution in [2.45, 2.75) is 53.2 Å². The number of H-pyrrole nitrogens is 1. The van der Waals surface area contributed by atoms with E-state index in [2.05, 4.69) is 38.9 Å². The summed E-state index contributed by atoms with van der Waals surface area (Å²) in [4.78, 5) is 21.8. The number of ether oxygens (including phenoxy) is 1.